The van der Waals surface area contributed by atoms with Crippen molar-refractivity contribution in [3.63, 3.8) is 0 Å². The molecule has 628 valence electrons. The van der Waals surface area contributed by atoms with Crippen molar-refractivity contribution in [2.45, 2.75) is 130 Å². The topological polar surface area (TPSA) is 254 Å². The molecule has 34 heteroatoms. The third kappa shape index (κ3) is 23.3. The first-order valence-electron chi connectivity index (χ1n) is 37.5. The fourth-order valence-corrected chi connectivity index (χ4v) is 29.4. The molecule has 2 saturated heterocycles. The minimum absolute atomic E-state index is 0.119. The van der Waals surface area contributed by atoms with Gasteiger partial charge in [0.2, 0.25) is 31.9 Å². The molecule has 2 heterocycles. The first-order valence-corrected chi connectivity index (χ1v) is 49.4. The van der Waals surface area contributed by atoms with Crippen LogP contribution in [0.5, 0.6) is 0 Å². The zero-order valence-electron chi connectivity index (χ0n) is 65.1. The Balaban J connectivity index is 0.000000265. The van der Waals surface area contributed by atoms with Gasteiger partial charge in [-0.1, -0.05) is 211 Å². The molecule has 18 nitrogen and oxygen atoms in total. The van der Waals surface area contributed by atoms with Crippen molar-refractivity contribution in [3.05, 3.63) is 230 Å². The third-order valence-electron chi connectivity index (χ3n) is 20.6. The van der Waals surface area contributed by atoms with Crippen LogP contribution in [0.2, 0.25) is 10.1 Å². The van der Waals surface area contributed by atoms with E-state index in [-0.39, 0.29) is 70.2 Å². The number of nitrogens with two attached hydrogens (primary N) is 2. The summed E-state index contributed by atoms with van der Waals surface area (Å²) in [5.41, 5.74) is -12.0. The number of hydrogen-bond acceptors (Lipinski definition) is 16. The van der Waals surface area contributed by atoms with Crippen LogP contribution >= 0.6 is 23.5 Å². The fourth-order valence-electron chi connectivity index (χ4n) is 14.8. The summed E-state index contributed by atoms with van der Waals surface area (Å²) in [7, 11) is -27.1. The molecular formula is C82H98F8N6O12S6Si2. The van der Waals surface area contributed by atoms with E-state index in [1.54, 1.807) is 9.80 Å². The highest BCUT2D eigenvalue weighted by Gasteiger charge is 2.54. The highest BCUT2D eigenvalue weighted by Crippen LogP contribution is 2.42. The number of thioether (sulfide) groups is 2. The van der Waals surface area contributed by atoms with E-state index >= 15 is 8.78 Å². The molecule has 0 radical (unpaired) electrons. The van der Waals surface area contributed by atoms with Crippen LogP contribution < -0.4 is 31.0 Å². The van der Waals surface area contributed by atoms with Gasteiger partial charge in [0.05, 0.1) is 31.8 Å². The maximum atomic E-state index is 15.0. The molecule has 8 aromatic carbocycles. The molecule has 8 aromatic rings. The third-order valence-corrected chi connectivity index (χ3v) is 38.2. The van der Waals surface area contributed by atoms with Crippen molar-refractivity contribution >= 4 is 112 Å². The lowest BCUT2D eigenvalue weighted by molar-refractivity contribution is -0.134. The summed E-state index contributed by atoms with van der Waals surface area (Å²) in [5.74, 6) is -1.34. The Bertz CT molecular complexity index is 4650. The smallest absolute Gasteiger partial charge is 0.400 e. The standard InChI is InChI=1S/2C41H49F4N3O6S3Si/c2*1-40(2,3)58(36-15-9-5-10-16-36,37-17-11-6-12-18-37)54-33(28-42)29-47-21-23-48(24-22-47)39(49)26-31(30-55-34-13-7-4-8-14-34)25-32-19-20-35(57(46,52)53)27-38(32)56(50,51)41(43,44)45/h2*4-20,27,31,33H,21-26,28-30H2,1-3H3,(H2,46,52,53)/t31-,33+;31-,33-/m11/s1. The molecule has 2 aliphatic rings. The molecule has 0 aliphatic carbocycles. The molecule has 0 unspecified atom stereocenters. The molecule has 0 saturated carbocycles. The molecule has 116 heavy (non-hydrogen) atoms. The number of rotatable bonds is 32. The molecule has 4 N–H and O–H groups in total. The van der Waals surface area contributed by atoms with E-state index < -0.39 is 124 Å². The van der Waals surface area contributed by atoms with E-state index in [0.29, 0.717) is 77.6 Å². The van der Waals surface area contributed by atoms with Gasteiger partial charge in [-0.3, -0.25) is 19.4 Å². The van der Waals surface area contributed by atoms with Gasteiger partial charge in [-0.15, -0.1) is 23.5 Å². The Morgan fingerprint density at radius 3 is 0.922 bits per heavy atom. The fraction of sp³-hybridized carbons (Fsp3) is 0.390. The van der Waals surface area contributed by atoms with Crippen molar-refractivity contribution in [3.8, 4) is 0 Å². The predicted octanol–water partition coefficient (Wildman–Crippen LogP) is 12.1. The second kappa shape index (κ2) is 39.4. The number of sulfone groups is 2. The number of hydrogen-bond donors (Lipinski definition) is 2. The Morgan fingerprint density at radius 1 is 0.414 bits per heavy atom. The van der Waals surface area contributed by atoms with Gasteiger partial charge < -0.3 is 18.7 Å². The number of sulfonamides is 2. The van der Waals surface area contributed by atoms with Crippen molar-refractivity contribution in [1.82, 2.24) is 19.6 Å². The first-order chi connectivity index (χ1) is 54.5. The summed E-state index contributed by atoms with van der Waals surface area (Å²) >= 11 is 2.72. The molecular weight excluding hydrogens is 1660 g/mol. The van der Waals surface area contributed by atoms with E-state index in [4.69, 9.17) is 19.1 Å². The van der Waals surface area contributed by atoms with Gasteiger partial charge in [0.1, 0.15) is 13.3 Å². The summed E-state index contributed by atoms with van der Waals surface area (Å²) in [6, 6.07) is 62.9. The van der Waals surface area contributed by atoms with Crippen molar-refractivity contribution in [1.29, 1.82) is 0 Å². The van der Waals surface area contributed by atoms with Gasteiger partial charge >= 0.3 is 11.0 Å². The van der Waals surface area contributed by atoms with Gasteiger partial charge in [0, 0.05) is 99.6 Å². The SMILES string of the molecule is CC(C)(C)[Si](O[C@@H](CF)CN1CCN(C(=O)C[C@H](CSc2ccccc2)Cc2ccc(S(N)(=O)=O)cc2S(=O)(=O)C(F)(F)F)CC1)(c1ccccc1)c1ccccc1.CC(C)(C)[Si](O[C@H](CF)CN1CCN(C(=O)C[C@H](CSc2ccccc2)Cc2ccc(S(N)(=O)=O)cc2S(=O)(=O)C(F)(F)F)CC1)(c1ccccc1)c1ccccc1. The van der Waals surface area contributed by atoms with Crippen LogP contribution in [0.4, 0.5) is 35.1 Å². The Labute approximate surface area is 686 Å². The minimum Gasteiger partial charge on any atom is -0.400 e. The molecule has 0 spiro atoms. The number of alkyl halides is 8. The summed E-state index contributed by atoms with van der Waals surface area (Å²) in [6.45, 7) is 14.9. The zero-order chi connectivity index (χ0) is 84.7. The minimum atomic E-state index is -5.98. The number of carbonyl (C=O) groups is 2. The molecule has 0 bridgehead atoms. The van der Waals surface area contributed by atoms with Crippen LogP contribution in [0, 0.1) is 11.8 Å². The summed E-state index contributed by atoms with van der Waals surface area (Å²) in [4.78, 5) is 32.8. The van der Waals surface area contributed by atoms with E-state index in [0.717, 1.165) is 54.8 Å². The second-order valence-corrected chi connectivity index (χ2v) is 48.4. The van der Waals surface area contributed by atoms with Gasteiger partial charge in [0.25, 0.3) is 36.3 Å². The maximum Gasteiger partial charge on any atom is 0.501 e. The number of nitrogens with zero attached hydrogens (tertiary/aromatic N) is 4. The molecule has 0 aromatic heterocycles. The Kier molecular flexibility index (Phi) is 31.5. The quantitative estimate of drug-likeness (QED) is 0.0226. The second-order valence-electron chi connectivity index (χ2n) is 30.8. The van der Waals surface area contributed by atoms with E-state index in [9.17, 15) is 69.6 Å². The Morgan fingerprint density at radius 2 is 0.681 bits per heavy atom. The van der Waals surface area contributed by atoms with Crippen LogP contribution in [-0.4, -0.2) is 195 Å². The lowest BCUT2D eigenvalue weighted by Crippen LogP contribution is -2.68. The predicted molar refractivity (Wildman–Crippen MR) is 443 cm³/mol. The summed E-state index contributed by atoms with van der Waals surface area (Å²) in [5, 5.41) is 13.7. The van der Waals surface area contributed by atoms with Gasteiger partial charge in [0.15, 0.2) is 0 Å². The largest absolute Gasteiger partial charge is 0.501 e. The molecule has 2 aliphatic heterocycles. The number of benzene rings is 8. The molecule has 10 rings (SSSR count). The summed E-state index contributed by atoms with van der Waals surface area (Å²) < 4.78 is 226. The van der Waals surface area contributed by atoms with E-state index in [1.165, 1.54) is 23.5 Å². The normalized spacial score (nSPS) is 15.9. The number of primary sulfonamides is 2. The van der Waals surface area contributed by atoms with Gasteiger partial charge in [-0.2, -0.15) is 26.3 Å². The molecule has 4 atom stereocenters. The van der Waals surface area contributed by atoms with Crippen LogP contribution in [0.25, 0.3) is 0 Å². The average Bonchev–Trinajstić information content (AvgIpc) is 0.752. The van der Waals surface area contributed by atoms with E-state index in [2.05, 4.69) is 51.3 Å². The monoisotopic (exact) mass is 1760 g/mol. The van der Waals surface area contributed by atoms with Crippen molar-refractivity contribution in [2.75, 3.05) is 90.3 Å². The Hall–Kier alpha value is -7.17. The molecule has 2 fully saturated rings. The van der Waals surface area contributed by atoms with Crippen molar-refractivity contribution in [2.24, 2.45) is 22.1 Å². The first kappa shape index (κ1) is 92.7. The number of piperazine rings is 2. The van der Waals surface area contributed by atoms with Crippen LogP contribution in [0.15, 0.2) is 248 Å². The van der Waals surface area contributed by atoms with Gasteiger partial charge in [-0.25, -0.2) is 52.7 Å². The van der Waals surface area contributed by atoms with E-state index in [1.807, 2.05) is 182 Å². The number of amides is 2. The van der Waals surface area contributed by atoms with Crippen LogP contribution in [0.3, 0.4) is 0 Å². The highest BCUT2D eigenvalue weighted by atomic mass is 32.2. The summed E-state index contributed by atoms with van der Waals surface area (Å²) in [6.07, 6.45) is -2.28. The molecule has 2 amide bonds. The number of carbonyl (C=O) groups excluding carboxylic acids is 2. The zero-order valence-corrected chi connectivity index (χ0v) is 72.0. The highest BCUT2D eigenvalue weighted by molar-refractivity contribution is 7.99. The van der Waals surface area contributed by atoms with Gasteiger partial charge in [-0.05, 0) is 115 Å². The van der Waals surface area contributed by atoms with Crippen molar-refractivity contribution < 1.29 is 87.2 Å². The number of halogens is 8. The maximum absolute atomic E-state index is 15.0. The van der Waals surface area contributed by atoms with Crippen LogP contribution in [-0.2, 0) is 71.0 Å². The lowest BCUT2D eigenvalue weighted by atomic mass is 9.97. The van der Waals surface area contributed by atoms with Crippen LogP contribution in [0.1, 0.15) is 65.5 Å². The lowest BCUT2D eigenvalue weighted by Gasteiger charge is -2.46. The average molecular weight is 1760 g/mol.